The molecule has 0 bridgehead atoms. The highest BCUT2D eigenvalue weighted by molar-refractivity contribution is 7.89. The van der Waals surface area contributed by atoms with Crippen LogP contribution in [-0.4, -0.2) is 59.6 Å². The Hall–Kier alpha value is -4.80. The molecule has 0 atom stereocenters. The van der Waals surface area contributed by atoms with Gasteiger partial charge in [-0.05, 0) is 42.8 Å². The van der Waals surface area contributed by atoms with Crippen LogP contribution in [0.4, 0.5) is 18.9 Å². The maximum absolute atomic E-state index is 13.6. The predicted octanol–water partition coefficient (Wildman–Crippen LogP) is 4.85. The summed E-state index contributed by atoms with van der Waals surface area (Å²) in [6.07, 6.45) is -4.55. The van der Waals surface area contributed by atoms with Crippen molar-refractivity contribution >= 4 is 21.6 Å². The first-order chi connectivity index (χ1) is 21.4. The lowest BCUT2D eigenvalue weighted by atomic mass is 10.1. The lowest BCUT2D eigenvalue weighted by Gasteiger charge is -2.26. The first-order valence-electron chi connectivity index (χ1n) is 13.5. The Kier molecular flexibility index (Phi) is 8.90. The fourth-order valence-corrected chi connectivity index (χ4v) is 6.15. The van der Waals surface area contributed by atoms with Gasteiger partial charge in [0, 0.05) is 37.3 Å². The van der Waals surface area contributed by atoms with Crippen molar-refractivity contribution in [2.24, 2.45) is 0 Å². The van der Waals surface area contributed by atoms with Gasteiger partial charge in [-0.2, -0.15) is 27.3 Å². The number of nitrogens with zero attached hydrogens (tertiary/aromatic N) is 4. The summed E-state index contributed by atoms with van der Waals surface area (Å²) < 4.78 is 80.5. The molecule has 2 heterocycles. The number of para-hydroxylation sites is 1. The van der Waals surface area contributed by atoms with Crippen LogP contribution < -0.4 is 10.1 Å². The number of ether oxygens (including phenoxy) is 2. The highest BCUT2D eigenvalue weighted by atomic mass is 32.2. The number of carbonyl (C=O) groups excluding carboxylic acids is 1. The molecule has 4 aromatic rings. The number of rotatable bonds is 9. The molecule has 0 aliphatic carbocycles. The first-order valence-corrected chi connectivity index (χ1v) is 14.9. The molecule has 12 nitrogen and oxygen atoms in total. The minimum atomic E-state index is -4.55. The Morgan fingerprint density at radius 3 is 2.44 bits per heavy atom. The number of nitrogens with one attached hydrogen (secondary N) is 1. The molecule has 1 fully saturated rings. The minimum absolute atomic E-state index is 0.0294. The van der Waals surface area contributed by atoms with Gasteiger partial charge >= 0.3 is 6.18 Å². The number of hydrogen-bond acceptors (Lipinski definition) is 8. The molecule has 0 spiro atoms. The van der Waals surface area contributed by atoms with Gasteiger partial charge in [0.25, 0.3) is 11.6 Å². The fourth-order valence-electron chi connectivity index (χ4n) is 4.61. The molecule has 1 saturated heterocycles. The van der Waals surface area contributed by atoms with Crippen LogP contribution >= 0.6 is 0 Å². The van der Waals surface area contributed by atoms with Crippen LogP contribution in [-0.2, 0) is 27.5 Å². The SMILES string of the molecule is Cc1c(C(=O)NCc2cccc(C(F)(F)F)c2)nn(-c2ccccc2)c1Oc1ccc([N+](=O)[O-])cc1S(=O)(=O)N1CCOCC1. The molecule has 1 aliphatic rings. The van der Waals surface area contributed by atoms with E-state index in [4.69, 9.17) is 9.47 Å². The Morgan fingerprint density at radius 2 is 1.78 bits per heavy atom. The number of alkyl halides is 3. The number of nitro groups is 1. The molecule has 1 aliphatic heterocycles. The zero-order valence-electron chi connectivity index (χ0n) is 23.7. The van der Waals surface area contributed by atoms with Crippen LogP contribution in [0.25, 0.3) is 5.69 Å². The van der Waals surface area contributed by atoms with E-state index in [0.717, 1.165) is 34.6 Å². The van der Waals surface area contributed by atoms with Crippen LogP contribution in [0.3, 0.4) is 0 Å². The van der Waals surface area contributed by atoms with Crippen molar-refractivity contribution in [2.75, 3.05) is 26.3 Å². The van der Waals surface area contributed by atoms with E-state index in [-0.39, 0.29) is 61.3 Å². The molecule has 1 amide bonds. The molecule has 236 valence electrons. The topological polar surface area (TPSA) is 146 Å². The third kappa shape index (κ3) is 6.82. The van der Waals surface area contributed by atoms with Crippen LogP contribution in [0.2, 0.25) is 0 Å². The molecule has 0 unspecified atom stereocenters. The number of sulfonamides is 1. The van der Waals surface area contributed by atoms with Gasteiger partial charge in [0.05, 0.1) is 29.4 Å². The van der Waals surface area contributed by atoms with Crippen molar-refractivity contribution in [3.8, 4) is 17.3 Å². The van der Waals surface area contributed by atoms with Crippen molar-refractivity contribution < 1.29 is 40.8 Å². The van der Waals surface area contributed by atoms with Crippen molar-refractivity contribution in [3.05, 3.63) is 105 Å². The Balaban J connectivity index is 1.53. The van der Waals surface area contributed by atoms with Crippen molar-refractivity contribution in [3.63, 3.8) is 0 Å². The molecular weight excluding hydrogens is 619 g/mol. The zero-order chi connectivity index (χ0) is 32.4. The zero-order valence-corrected chi connectivity index (χ0v) is 24.5. The summed E-state index contributed by atoms with van der Waals surface area (Å²) in [7, 11) is -4.29. The molecule has 5 rings (SSSR count). The number of halogens is 3. The second-order valence-electron chi connectivity index (χ2n) is 9.91. The van der Waals surface area contributed by atoms with E-state index < -0.39 is 43.2 Å². The van der Waals surface area contributed by atoms with Gasteiger partial charge in [0.2, 0.25) is 15.9 Å². The summed E-state index contributed by atoms with van der Waals surface area (Å²) in [6, 6.07) is 16.1. The Morgan fingerprint density at radius 1 is 1.07 bits per heavy atom. The molecule has 1 N–H and O–H groups in total. The second kappa shape index (κ2) is 12.7. The summed E-state index contributed by atoms with van der Waals surface area (Å²) in [5.41, 5.74) is -0.656. The number of amides is 1. The minimum Gasteiger partial charge on any atom is -0.437 e. The lowest BCUT2D eigenvalue weighted by Crippen LogP contribution is -2.40. The molecular formula is C29H26F3N5O7S. The molecule has 1 aromatic heterocycles. The molecule has 45 heavy (non-hydrogen) atoms. The summed E-state index contributed by atoms with van der Waals surface area (Å²) in [6.45, 7) is 1.61. The number of hydrogen-bond donors (Lipinski definition) is 1. The van der Waals surface area contributed by atoms with Crippen LogP contribution in [0.15, 0.2) is 77.7 Å². The van der Waals surface area contributed by atoms with Crippen LogP contribution in [0, 0.1) is 17.0 Å². The van der Waals surface area contributed by atoms with Gasteiger partial charge in [0.1, 0.15) is 10.6 Å². The van der Waals surface area contributed by atoms with E-state index in [1.807, 2.05) is 0 Å². The van der Waals surface area contributed by atoms with Gasteiger partial charge in [-0.3, -0.25) is 14.9 Å². The Labute approximate surface area is 255 Å². The maximum Gasteiger partial charge on any atom is 0.416 e. The van der Waals surface area contributed by atoms with Gasteiger partial charge in [-0.25, -0.2) is 8.42 Å². The Bertz CT molecular complexity index is 1840. The molecule has 0 radical (unpaired) electrons. The van der Waals surface area contributed by atoms with Crippen molar-refractivity contribution in [1.82, 2.24) is 19.4 Å². The highest BCUT2D eigenvalue weighted by Gasteiger charge is 2.33. The number of carbonyl (C=O) groups is 1. The van der Waals surface area contributed by atoms with Crippen molar-refractivity contribution in [2.45, 2.75) is 24.5 Å². The summed E-state index contributed by atoms with van der Waals surface area (Å²) in [5.74, 6) is -1.03. The van der Waals surface area contributed by atoms with E-state index in [0.29, 0.717) is 5.69 Å². The lowest BCUT2D eigenvalue weighted by molar-refractivity contribution is -0.385. The predicted molar refractivity (Wildman–Crippen MR) is 154 cm³/mol. The summed E-state index contributed by atoms with van der Waals surface area (Å²) in [4.78, 5) is 23.6. The normalized spacial score (nSPS) is 14.2. The standard InChI is InChI=1S/C29H26F3N5O7S/c1-19-26(27(38)33-18-20-6-5-7-21(16-20)29(30,31)32)34-36(22-8-3-2-4-9-22)28(19)44-24-11-10-23(37(39)40)17-25(24)45(41,42)35-12-14-43-15-13-35/h2-11,16-17H,12-15,18H2,1H3,(H,33,38). The van der Waals surface area contributed by atoms with Crippen LogP contribution in [0.1, 0.15) is 27.2 Å². The number of aromatic nitrogens is 2. The van der Waals surface area contributed by atoms with Crippen LogP contribution in [0.5, 0.6) is 11.6 Å². The molecule has 16 heteroatoms. The monoisotopic (exact) mass is 645 g/mol. The number of non-ortho nitro benzene ring substituents is 1. The largest absolute Gasteiger partial charge is 0.437 e. The van der Waals surface area contributed by atoms with Crippen molar-refractivity contribution in [1.29, 1.82) is 0 Å². The summed E-state index contributed by atoms with van der Waals surface area (Å²) in [5, 5.41) is 18.5. The van der Waals surface area contributed by atoms with Gasteiger partial charge in [-0.15, -0.1) is 0 Å². The van der Waals surface area contributed by atoms with E-state index in [1.165, 1.54) is 23.7 Å². The average molecular weight is 646 g/mol. The molecule has 0 saturated carbocycles. The van der Waals surface area contributed by atoms with E-state index in [9.17, 15) is 36.5 Å². The summed E-state index contributed by atoms with van der Waals surface area (Å²) >= 11 is 0. The third-order valence-electron chi connectivity index (χ3n) is 6.92. The third-order valence-corrected chi connectivity index (χ3v) is 8.84. The quantitative estimate of drug-likeness (QED) is 0.201. The van der Waals surface area contributed by atoms with Gasteiger partial charge < -0.3 is 14.8 Å². The molecule has 3 aromatic carbocycles. The number of nitro benzene ring substituents is 1. The van der Waals surface area contributed by atoms with E-state index >= 15 is 0 Å². The number of morpholine rings is 1. The number of benzene rings is 3. The fraction of sp³-hybridized carbons (Fsp3) is 0.241. The average Bonchev–Trinajstić information content (AvgIpc) is 3.36. The smallest absolute Gasteiger partial charge is 0.416 e. The van der Waals surface area contributed by atoms with Gasteiger partial charge in [0.15, 0.2) is 5.69 Å². The highest BCUT2D eigenvalue weighted by Crippen LogP contribution is 2.37. The van der Waals surface area contributed by atoms with E-state index in [2.05, 4.69) is 10.4 Å². The maximum atomic E-state index is 13.6. The van der Waals surface area contributed by atoms with E-state index in [1.54, 1.807) is 30.3 Å². The van der Waals surface area contributed by atoms with Gasteiger partial charge in [-0.1, -0.05) is 30.3 Å². The second-order valence-corrected chi connectivity index (χ2v) is 11.8. The first kappa shape index (κ1) is 31.6.